The molecule has 0 saturated carbocycles. The molecule has 4 nitrogen and oxygen atoms in total. The minimum Gasteiger partial charge on any atom is -0.296 e. The molecule has 1 amide bonds. The molecule has 23 heavy (non-hydrogen) atoms. The Bertz CT molecular complexity index is 712. The van der Waals surface area contributed by atoms with Gasteiger partial charge in [0.25, 0.3) is 5.91 Å². The highest BCUT2D eigenvalue weighted by atomic mass is 32.1. The quantitative estimate of drug-likeness (QED) is 0.883. The molecule has 2 aromatic heterocycles. The Morgan fingerprint density at radius 3 is 2.83 bits per heavy atom. The number of aromatic nitrogens is 2. The third-order valence-corrected chi connectivity index (χ3v) is 6.65. The third kappa shape index (κ3) is 3.48. The maximum atomic E-state index is 12.6. The average molecular weight is 350 g/mol. The Morgan fingerprint density at radius 2 is 2.17 bits per heavy atom. The van der Waals surface area contributed by atoms with Crippen LogP contribution in [-0.4, -0.2) is 16.1 Å². The maximum absolute atomic E-state index is 12.6. The molecule has 0 saturated heterocycles. The van der Waals surface area contributed by atoms with Gasteiger partial charge in [0.15, 0.2) is 0 Å². The second-order valence-corrected chi connectivity index (χ2v) is 9.19. The lowest BCUT2D eigenvalue weighted by Gasteiger charge is -2.34. The lowest BCUT2D eigenvalue weighted by molar-refractivity contribution is 0.102. The molecule has 0 bridgehead atoms. The fourth-order valence-electron chi connectivity index (χ4n) is 3.05. The summed E-state index contributed by atoms with van der Waals surface area (Å²) in [5.41, 5.74) is 2.39. The lowest BCUT2D eigenvalue weighted by Crippen LogP contribution is -2.27. The van der Waals surface area contributed by atoms with E-state index in [1.54, 1.807) is 11.3 Å². The summed E-state index contributed by atoms with van der Waals surface area (Å²) in [6.07, 6.45) is 4.09. The number of aryl methyl sites for hydroxylation is 1. The zero-order valence-electron chi connectivity index (χ0n) is 14.1. The Balaban J connectivity index is 1.75. The number of anilines is 1. The number of rotatable bonds is 3. The van der Waals surface area contributed by atoms with Gasteiger partial charge in [0.2, 0.25) is 5.13 Å². The number of hydrogen-bond donors (Lipinski definition) is 1. The number of carbonyl (C=O) groups is 1. The number of nitrogens with zero attached hydrogens (tertiary/aromatic N) is 2. The van der Waals surface area contributed by atoms with E-state index in [1.165, 1.54) is 21.8 Å². The molecule has 2 heterocycles. The predicted molar refractivity (Wildman–Crippen MR) is 96.5 cm³/mol. The molecule has 6 heteroatoms. The molecule has 3 rings (SSSR count). The van der Waals surface area contributed by atoms with E-state index in [2.05, 4.69) is 36.3 Å². The summed E-state index contributed by atoms with van der Waals surface area (Å²) in [6, 6.07) is 0. The van der Waals surface area contributed by atoms with Crippen LogP contribution >= 0.6 is 22.7 Å². The molecule has 1 aliphatic carbocycles. The number of fused-ring (bicyclic) bond motifs is 1. The van der Waals surface area contributed by atoms with Gasteiger partial charge in [-0.3, -0.25) is 10.1 Å². The molecule has 0 spiro atoms. The number of thiophene rings is 1. The van der Waals surface area contributed by atoms with Crippen molar-refractivity contribution in [2.45, 2.75) is 53.4 Å². The van der Waals surface area contributed by atoms with Crippen LogP contribution in [0.2, 0.25) is 0 Å². The van der Waals surface area contributed by atoms with Gasteiger partial charge in [-0.05, 0) is 42.6 Å². The second-order valence-electron chi connectivity index (χ2n) is 7.17. The summed E-state index contributed by atoms with van der Waals surface area (Å²) in [7, 11) is 0. The summed E-state index contributed by atoms with van der Waals surface area (Å²) >= 11 is 3.18. The molecule has 1 unspecified atom stereocenters. The van der Waals surface area contributed by atoms with E-state index in [1.807, 2.05) is 12.3 Å². The topological polar surface area (TPSA) is 54.9 Å². The van der Waals surface area contributed by atoms with Gasteiger partial charge in [0.05, 0.1) is 5.56 Å². The first-order valence-corrected chi connectivity index (χ1v) is 9.81. The molecule has 1 aliphatic rings. The van der Waals surface area contributed by atoms with E-state index < -0.39 is 0 Å². The molecule has 0 fully saturated rings. The van der Waals surface area contributed by atoms with Crippen LogP contribution in [0.3, 0.4) is 0 Å². The van der Waals surface area contributed by atoms with Gasteiger partial charge in [-0.15, -0.1) is 21.5 Å². The minimum atomic E-state index is -0.0458. The number of nitrogens with one attached hydrogen (secondary N) is 1. The Morgan fingerprint density at radius 1 is 1.39 bits per heavy atom. The van der Waals surface area contributed by atoms with E-state index in [9.17, 15) is 4.79 Å². The van der Waals surface area contributed by atoms with Crippen molar-refractivity contribution in [2.24, 2.45) is 11.3 Å². The van der Waals surface area contributed by atoms with Crippen molar-refractivity contribution in [3.63, 3.8) is 0 Å². The first kappa shape index (κ1) is 16.6. The van der Waals surface area contributed by atoms with Crippen molar-refractivity contribution in [3.05, 3.63) is 26.4 Å². The highest BCUT2D eigenvalue weighted by Gasteiger charge is 2.31. The smallest absolute Gasteiger partial charge is 0.258 e. The molecule has 124 valence electrons. The van der Waals surface area contributed by atoms with E-state index in [4.69, 9.17) is 0 Å². The van der Waals surface area contributed by atoms with Crippen LogP contribution in [0.25, 0.3) is 0 Å². The van der Waals surface area contributed by atoms with Crippen molar-refractivity contribution in [3.8, 4) is 0 Å². The monoisotopic (exact) mass is 349 g/mol. The first-order valence-electron chi connectivity index (χ1n) is 8.11. The standard InChI is InChI=1S/C17H23N3OS2/c1-5-14-19-20-16(23-14)18-15(21)12-9-22-13-8-10(17(2,3)4)6-7-11(12)13/h9-10H,5-8H2,1-4H3,(H,18,20,21). The fraction of sp³-hybridized carbons (Fsp3) is 0.588. The van der Waals surface area contributed by atoms with E-state index >= 15 is 0 Å². The van der Waals surface area contributed by atoms with Crippen LogP contribution in [0.15, 0.2) is 5.38 Å². The van der Waals surface area contributed by atoms with Crippen molar-refractivity contribution in [1.82, 2.24) is 10.2 Å². The Labute approximate surface area is 145 Å². The summed E-state index contributed by atoms with van der Waals surface area (Å²) in [5, 5.41) is 14.5. The first-order chi connectivity index (χ1) is 10.9. The van der Waals surface area contributed by atoms with Gasteiger partial charge < -0.3 is 0 Å². The molecular formula is C17H23N3OS2. The van der Waals surface area contributed by atoms with Gasteiger partial charge in [-0.25, -0.2) is 0 Å². The van der Waals surface area contributed by atoms with Crippen LogP contribution in [0.1, 0.15) is 59.9 Å². The molecule has 2 aromatic rings. The van der Waals surface area contributed by atoms with Crippen molar-refractivity contribution in [2.75, 3.05) is 5.32 Å². The normalized spacial score (nSPS) is 17.8. The molecule has 1 atom stereocenters. The molecule has 0 aromatic carbocycles. The average Bonchev–Trinajstić information content (AvgIpc) is 3.11. The molecular weight excluding hydrogens is 326 g/mol. The second kappa shape index (κ2) is 6.32. The van der Waals surface area contributed by atoms with E-state index in [0.717, 1.165) is 36.3 Å². The van der Waals surface area contributed by atoms with Crippen LogP contribution in [0.5, 0.6) is 0 Å². The van der Waals surface area contributed by atoms with Crippen molar-refractivity contribution in [1.29, 1.82) is 0 Å². The number of amides is 1. The van der Waals surface area contributed by atoms with Gasteiger partial charge in [0, 0.05) is 10.3 Å². The largest absolute Gasteiger partial charge is 0.296 e. The molecule has 0 aliphatic heterocycles. The summed E-state index contributed by atoms with van der Waals surface area (Å²) < 4.78 is 0. The zero-order valence-corrected chi connectivity index (χ0v) is 15.7. The zero-order chi connectivity index (χ0) is 16.6. The van der Waals surface area contributed by atoms with Crippen LogP contribution < -0.4 is 5.32 Å². The summed E-state index contributed by atoms with van der Waals surface area (Å²) in [6.45, 7) is 8.97. The van der Waals surface area contributed by atoms with E-state index in [0.29, 0.717) is 16.5 Å². The summed E-state index contributed by atoms with van der Waals surface area (Å²) in [4.78, 5) is 13.9. The van der Waals surface area contributed by atoms with Gasteiger partial charge in [0.1, 0.15) is 5.01 Å². The van der Waals surface area contributed by atoms with Gasteiger partial charge >= 0.3 is 0 Å². The number of hydrogen-bond acceptors (Lipinski definition) is 5. The molecule has 0 radical (unpaired) electrons. The molecule has 1 N–H and O–H groups in total. The summed E-state index contributed by atoms with van der Waals surface area (Å²) in [5.74, 6) is 0.648. The fourth-order valence-corrected chi connectivity index (χ4v) is 4.89. The van der Waals surface area contributed by atoms with Gasteiger partial charge in [-0.1, -0.05) is 39.0 Å². The number of carbonyl (C=O) groups excluding carboxylic acids is 1. The predicted octanol–water partition coefficient (Wildman–Crippen LogP) is 4.57. The highest BCUT2D eigenvalue weighted by molar-refractivity contribution is 7.15. The van der Waals surface area contributed by atoms with Crippen LogP contribution in [-0.2, 0) is 19.3 Å². The minimum absolute atomic E-state index is 0.0458. The van der Waals surface area contributed by atoms with Crippen LogP contribution in [0, 0.1) is 11.3 Å². The third-order valence-electron chi connectivity index (χ3n) is 4.61. The highest BCUT2D eigenvalue weighted by Crippen LogP contribution is 2.40. The van der Waals surface area contributed by atoms with Gasteiger partial charge in [-0.2, -0.15) is 0 Å². The Hall–Kier alpha value is -1.27. The maximum Gasteiger partial charge on any atom is 0.258 e. The Kier molecular flexibility index (Phi) is 4.56. The van der Waals surface area contributed by atoms with Crippen molar-refractivity contribution < 1.29 is 4.79 Å². The van der Waals surface area contributed by atoms with E-state index in [-0.39, 0.29) is 5.91 Å². The lowest BCUT2D eigenvalue weighted by atomic mass is 9.72. The SMILES string of the molecule is CCc1nnc(NC(=O)c2csc3c2CCC(C(C)(C)C)C3)s1. The van der Waals surface area contributed by atoms with Crippen molar-refractivity contribution >= 4 is 33.7 Å². The van der Waals surface area contributed by atoms with Crippen LogP contribution in [0.4, 0.5) is 5.13 Å².